The number of benzene rings is 2. The lowest BCUT2D eigenvalue weighted by Gasteiger charge is -2.26. The molecule has 0 bridgehead atoms. The van der Waals surface area contributed by atoms with Crippen molar-refractivity contribution in [3.63, 3.8) is 0 Å². The maximum atomic E-state index is 12.2. The Hall–Kier alpha value is -2.73. The lowest BCUT2D eigenvalue weighted by atomic mass is 10.0. The van der Waals surface area contributed by atoms with E-state index in [1.807, 2.05) is 62.6 Å². The summed E-state index contributed by atoms with van der Waals surface area (Å²) < 4.78 is 10.6. The van der Waals surface area contributed by atoms with Gasteiger partial charge in [0.05, 0.1) is 20.3 Å². The molecule has 0 radical (unpaired) electrons. The smallest absolute Gasteiger partial charge is 0.314 e. The van der Waals surface area contributed by atoms with Gasteiger partial charge in [0, 0.05) is 18.7 Å². The predicted molar refractivity (Wildman–Crippen MR) is 112 cm³/mol. The highest BCUT2D eigenvalue weighted by atomic mass is 16.5. The summed E-state index contributed by atoms with van der Waals surface area (Å²) in [7, 11) is 7.30. The normalized spacial score (nSPS) is 11.8. The van der Waals surface area contributed by atoms with Crippen LogP contribution in [-0.2, 0) is 6.42 Å². The van der Waals surface area contributed by atoms with E-state index in [1.54, 1.807) is 14.2 Å². The molecule has 0 aliphatic carbocycles. The molecule has 6 heteroatoms. The van der Waals surface area contributed by atoms with E-state index in [0.717, 1.165) is 29.9 Å². The topological polar surface area (TPSA) is 62.8 Å². The van der Waals surface area contributed by atoms with Crippen LogP contribution in [0.1, 0.15) is 23.6 Å². The fourth-order valence-electron chi connectivity index (χ4n) is 3.05. The Morgan fingerprint density at radius 3 is 2.36 bits per heavy atom. The number of amides is 2. The Bertz CT molecular complexity index is 732. The van der Waals surface area contributed by atoms with Gasteiger partial charge in [0.25, 0.3) is 0 Å². The number of urea groups is 1. The highest BCUT2D eigenvalue weighted by Gasteiger charge is 2.18. The van der Waals surface area contributed by atoms with Crippen molar-refractivity contribution in [1.82, 2.24) is 15.5 Å². The summed E-state index contributed by atoms with van der Waals surface area (Å²) in [5.41, 5.74) is 2.28. The standard InChI is InChI=1S/C22H31N3O3/c1-25(2)20(19-9-5-6-10-21(19)28-4)16-24-22(26)23-15-7-8-17-11-13-18(27-3)14-12-17/h5-6,9-14,20H,7-8,15-16H2,1-4H3,(H2,23,24,26). The van der Waals surface area contributed by atoms with Crippen molar-refractivity contribution in [2.24, 2.45) is 0 Å². The molecule has 28 heavy (non-hydrogen) atoms. The molecule has 2 N–H and O–H groups in total. The van der Waals surface area contributed by atoms with E-state index < -0.39 is 0 Å². The summed E-state index contributed by atoms with van der Waals surface area (Å²) in [5, 5.41) is 5.89. The third-order valence-electron chi connectivity index (χ3n) is 4.66. The number of hydrogen-bond donors (Lipinski definition) is 2. The first kappa shape index (κ1) is 21.6. The lowest BCUT2D eigenvalue weighted by Crippen LogP contribution is -2.41. The summed E-state index contributed by atoms with van der Waals surface area (Å²) in [4.78, 5) is 14.2. The Balaban J connectivity index is 1.76. The molecule has 0 saturated heterocycles. The third kappa shape index (κ3) is 6.46. The van der Waals surface area contributed by atoms with Gasteiger partial charge >= 0.3 is 6.03 Å². The van der Waals surface area contributed by atoms with Gasteiger partial charge in [-0.3, -0.25) is 0 Å². The molecule has 0 aromatic heterocycles. The third-order valence-corrected chi connectivity index (χ3v) is 4.66. The van der Waals surface area contributed by atoms with Crippen LogP contribution in [0.15, 0.2) is 48.5 Å². The molecule has 0 spiro atoms. The van der Waals surface area contributed by atoms with Crippen LogP contribution in [-0.4, -0.2) is 52.3 Å². The number of carbonyl (C=O) groups excluding carboxylic acids is 1. The largest absolute Gasteiger partial charge is 0.497 e. The van der Waals surface area contributed by atoms with Crippen molar-refractivity contribution in [3.8, 4) is 11.5 Å². The molecule has 0 heterocycles. The highest BCUT2D eigenvalue weighted by Crippen LogP contribution is 2.27. The van der Waals surface area contributed by atoms with Gasteiger partial charge in [-0.1, -0.05) is 30.3 Å². The van der Waals surface area contributed by atoms with E-state index in [-0.39, 0.29) is 12.1 Å². The van der Waals surface area contributed by atoms with Crippen molar-refractivity contribution < 1.29 is 14.3 Å². The van der Waals surface area contributed by atoms with Crippen molar-refractivity contribution >= 4 is 6.03 Å². The van der Waals surface area contributed by atoms with Crippen LogP contribution >= 0.6 is 0 Å². The van der Waals surface area contributed by atoms with Gasteiger partial charge in [0.15, 0.2) is 0 Å². The number of nitrogens with zero attached hydrogens (tertiary/aromatic N) is 1. The molecule has 0 aliphatic rings. The summed E-state index contributed by atoms with van der Waals surface area (Å²) >= 11 is 0. The lowest BCUT2D eigenvalue weighted by molar-refractivity contribution is 0.231. The van der Waals surface area contributed by atoms with Crippen molar-refractivity contribution in [2.45, 2.75) is 18.9 Å². The maximum absolute atomic E-state index is 12.2. The summed E-state index contributed by atoms with van der Waals surface area (Å²) in [6, 6.07) is 15.8. The first-order chi connectivity index (χ1) is 13.5. The minimum atomic E-state index is -0.156. The van der Waals surface area contributed by atoms with Crippen LogP contribution < -0.4 is 20.1 Å². The fraction of sp³-hybridized carbons (Fsp3) is 0.409. The van der Waals surface area contributed by atoms with Gasteiger partial charge in [-0.25, -0.2) is 4.79 Å². The molecule has 2 amide bonds. The van der Waals surface area contributed by atoms with Gasteiger partial charge in [0.1, 0.15) is 11.5 Å². The molecule has 1 unspecified atom stereocenters. The average Bonchev–Trinajstić information content (AvgIpc) is 2.72. The molecule has 2 aromatic rings. The Morgan fingerprint density at radius 2 is 1.71 bits per heavy atom. The van der Waals surface area contributed by atoms with Crippen molar-refractivity contribution in [2.75, 3.05) is 41.4 Å². The van der Waals surface area contributed by atoms with Gasteiger partial charge in [-0.2, -0.15) is 0 Å². The van der Waals surface area contributed by atoms with E-state index >= 15 is 0 Å². The zero-order valence-corrected chi connectivity index (χ0v) is 17.2. The van der Waals surface area contributed by atoms with E-state index in [2.05, 4.69) is 15.5 Å². The molecule has 6 nitrogen and oxygen atoms in total. The van der Waals surface area contributed by atoms with E-state index in [9.17, 15) is 4.79 Å². The number of carbonyl (C=O) groups is 1. The Morgan fingerprint density at radius 1 is 1.00 bits per heavy atom. The predicted octanol–water partition coefficient (Wildman–Crippen LogP) is 3.24. The zero-order chi connectivity index (χ0) is 20.4. The molecule has 0 aliphatic heterocycles. The molecule has 2 aromatic carbocycles. The molecular formula is C22H31N3O3. The second-order valence-corrected chi connectivity index (χ2v) is 6.81. The van der Waals surface area contributed by atoms with E-state index in [4.69, 9.17) is 9.47 Å². The monoisotopic (exact) mass is 385 g/mol. The summed E-state index contributed by atoms with van der Waals surface area (Å²) in [5.74, 6) is 1.68. The number of aryl methyl sites for hydroxylation is 1. The highest BCUT2D eigenvalue weighted by molar-refractivity contribution is 5.73. The van der Waals surface area contributed by atoms with Gasteiger partial charge in [-0.15, -0.1) is 0 Å². The Labute approximate surface area is 167 Å². The number of rotatable bonds is 10. The number of ether oxygens (including phenoxy) is 2. The first-order valence-corrected chi connectivity index (χ1v) is 9.49. The molecule has 0 saturated carbocycles. The number of para-hydroxylation sites is 1. The molecular weight excluding hydrogens is 354 g/mol. The van der Waals surface area contributed by atoms with Crippen LogP contribution in [0.3, 0.4) is 0 Å². The van der Waals surface area contributed by atoms with Crippen molar-refractivity contribution in [3.05, 3.63) is 59.7 Å². The van der Waals surface area contributed by atoms with E-state index in [0.29, 0.717) is 13.1 Å². The molecule has 0 fully saturated rings. The average molecular weight is 386 g/mol. The molecule has 2 rings (SSSR count). The maximum Gasteiger partial charge on any atom is 0.314 e. The number of hydrogen-bond acceptors (Lipinski definition) is 4. The van der Waals surface area contributed by atoms with Crippen LogP contribution in [0.5, 0.6) is 11.5 Å². The second kappa shape index (κ2) is 11.2. The van der Waals surface area contributed by atoms with Gasteiger partial charge < -0.3 is 25.0 Å². The van der Waals surface area contributed by atoms with Crippen LogP contribution in [0.2, 0.25) is 0 Å². The number of likely N-dealkylation sites (N-methyl/N-ethyl adjacent to an activating group) is 1. The Kier molecular flexibility index (Phi) is 8.62. The number of nitrogens with one attached hydrogen (secondary N) is 2. The number of methoxy groups -OCH3 is 2. The van der Waals surface area contributed by atoms with Crippen LogP contribution in [0.4, 0.5) is 4.79 Å². The fourth-order valence-corrected chi connectivity index (χ4v) is 3.05. The first-order valence-electron chi connectivity index (χ1n) is 9.49. The van der Waals surface area contributed by atoms with Gasteiger partial charge in [0.2, 0.25) is 0 Å². The van der Waals surface area contributed by atoms with Crippen LogP contribution in [0.25, 0.3) is 0 Å². The minimum absolute atomic E-state index is 0.0289. The van der Waals surface area contributed by atoms with Crippen molar-refractivity contribution in [1.29, 1.82) is 0 Å². The summed E-state index contributed by atoms with van der Waals surface area (Å²) in [6.07, 6.45) is 1.79. The minimum Gasteiger partial charge on any atom is -0.497 e. The molecule has 1 atom stereocenters. The zero-order valence-electron chi connectivity index (χ0n) is 17.2. The quantitative estimate of drug-likeness (QED) is 0.617. The summed E-state index contributed by atoms with van der Waals surface area (Å²) in [6.45, 7) is 1.12. The SMILES string of the molecule is COc1ccc(CCCNC(=O)NCC(c2ccccc2OC)N(C)C)cc1. The second-order valence-electron chi connectivity index (χ2n) is 6.81. The van der Waals surface area contributed by atoms with Gasteiger partial charge in [-0.05, 0) is 50.7 Å². The van der Waals surface area contributed by atoms with E-state index in [1.165, 1.54) is 5.56 Å². The van der Waals surface area contributed by atoms with Crippen LogP contribution in [0, 0.1) is 0 Å². The molecule has 152 valence electrons.